The maximum atomic E-state index is 12.6. The lowest BCUT2D eigenvalue weighted by Crippen LogP contribution is -2.40. The van der Waals surface area contributed by atoms with Gasteiger partial charge >= 0.3 is 0 Å². The maximum absolute atomic E-state index is 12.6. The Morgan fingerprint density at radius 1 is 1.39 bits per heavy atom. The molecule has 0 aromatic carbocycles. The fourth-order valence-corrected chi connectivity index (χ4v) is 4.78. The van der Waals surface area contributed by atoms with E-state index >= 15 is 0 Å². The van der Waals surface area contributed by atoms with Gasteiger partial charge in [-0.15, -0.1) is 0 Å². The molecule has 100 valence electrons. The monoisotopic (exact) mass is 332 g/mol. The highest BCUT2D eigenvalue weighted by molar-refractivity contribution is 9.09. The van der Waals surface area contributed by atoms with Crippen molar-refractivity contribution in [2.75, 3.05) is 11.9 Å². The molecule has 0 saturated carbocycles. The molecule has 0 amide bonds. The van der Waals surface area contributed by atoms with Crippen LogP contribution in [0.1, 0.15) is 25.7 Å². The van der Waals surface area contributed by atoms with Crippen LogP contribution in [0.3, 0.4) is 0 Å². The van der Waals surface area contributed by atoms with Gasteiger partial charge in [0.25, 0.3) is 0 Å². The first-order chi connectivity index (χ1) is 8.66. The summed E-state index contributed by atoms with van der Waals surface area (Å²) in [4.78, 5) is 4.19. The molecule has 1 atom stereocenters. The van der Waals surface area contributed by atoms with Crippen LogP contribution in [-0.2, 0) is 10.0 Å². The van der Waals surface area contributed by atoms with Gasteiger partial charge in [-0.05, 0) is 25.0 Å². The summed E-state index contributed by atoms with van der Waals surface area (Å²) in [5, 5.41) is 0.687. The molecular formula is C12H17BrN2O2S. The minimum Gasteiger partial charge on any atom is -0.263 e. The summed E-state index contributed by atoms with van der Waals surface area (Å²) in [6.07, 6.45) is 7.06. The highest BCUT2D eigenvalue weighted by Crippen LogP contribution is 2.25. The summed E-state index contributed by atoms with van der Waals surface area (Å²) in [6.45, 7) is 0.605. The number of hydrogen-bond donors (Lipinski definition) is 0. The molecule has 1 aliphatic heterocycles. The fourth-order valence-electron chi connectivity index (χ4n) is 2.26. The van der Waals surface area contributed by atoms with E-state index in [1.807, 2.05) is 0 Å². The van der Waals surface area contributed by atoms with E-state index < -0.39 is 10.0 Å². The van der Waals surface area contributed by atoms with Crippen LogP contribution >= 0.6 is 15.9 Å². The van der Waals surface area contributed by atoms with E-state index in [1.54, 1.807) is 22.6 Å². The topological polar surface area (TPSA) is 50.3 Å². The van der Waals surface area contributed by atoms with Crippen molar-refractivity contribution in [1.29, 1.82) is 0 Å². The van der Waals surface area contributed by atoms with Crippen LogP contribution in [0.15, 0.2) is 29.4 Å². The third-order valence-corrected chi connectivity index (χ3v) is 5.93. The molecule has 4 nitrogen and oxygen atoms in total. The van der Waals surface area contributed by atoms with Crippen molar-refractivity contribution in [2.45, 2.75) is 36.6 Å². The molecule has 2 heterocycles. The largest absolute Gasteiger partial charge is 0.263 e. The predicted octanol–water partition coefficient (Wildman–Crippen LogP) is 2.41. The predicted molar refractivity (Wildman–Crippen MR) is 74.2 cm³/mol. The highest BCUT2D eigenvalue weighted by atomic mass is 79.9. The number of nitrogens with zero attached hydrogens (tertiary/aromatic N) is 2. The van der Waals surface area contributed by atoms with Gasteiger partial charge in [-0.1, -0.05) is 28.8 Å². The van der Waals surface area contributed by atoms with Crippen molar-refractivity contribution in [1.82, 2.24) is 9.29 Å². The molecule has 0 bridgehead atoms. The lowest BCUT2D eigenvalue weighted by atomic mass is 10.1. The summed E-state index contributed by atoms with van der Waals surface area (Å²) in [6, 6.07) is 3.32. The van der Waals surface area contributed by atoms with E-state index in [-0.39, 0.29) is 10.9 Å². The van der Waals surface area contributed by atoms with Crippen LogP contribution in [0.2, 0.25) is 0 Å². The van der Waals surface area contributed by atoms with Crippen LogP contribution in [0, 0.1) is 0 Å². The quantitative estimate of drug-likeness (QED) is 0.798. The Hall–Kier alpha value is -0.460. The first-order valence-electron chi connectivity index (χ1n) is 6.14. The molecule has 0 spiro atoms. The van der Waals surface area contributed by atoms with Gasteiger partial charge in [-0.25, -0.2) is 8.42 Å². The smallest absolute Gasteiger partial charge is 0.244 e. The average Bonchev–Trinajstić information content (AvgIpc) is 2.65. The summed E-state index contributed by atoms with van der Waals surface area (Å²) in [5.41, 5.74) is 0. The van der Waals surface area contributed by atoms with Gasteiger partial charge in [0.2, 0.25) is 10.0 Å². The molecule has 1 aliphatic rings. The average molecular weight is 333 g/mol. The molecule has 2 rings (SSSR count). The third kappa shape index (κ3) is 2.92. The van der Waals surface area contributed by atoms with Crippen molar-refractivity contribution in [2.24, 2.45) is 0 Å². The van der Waals surface area contributed by atoms with E-state index in [9.17, 15) is 8.42 Å². The van der Waals surface area contributed by atoms with Crippen LogP contribution in [0.4, 0.5) is 0 Å². The summed E-state index contributed by atoms with van der Waals surface area (Å²) >= 11 is 3.43. The molecule has 1 fully saturated rings. The van der Waals surface area contributed by atoms with Crippen molar-refractivity contribution in [3.05, 3.63) is 24.5 Å². The number of rotatable bonds is 3. The third-order valence-electron chi connectivity index (χ3n) is 3.24. The standard InChI is InChI=1S/C12H17BrN2O2S/c13-9-11-5-2-1-3-8-15(11)18(16,17)12-6-4-7-14-10-12/h4,6-7,10-11H,1-3,5,8-9H2. The molecule has 6 heteroatoms. The SMILES string of the molecule is O=S(=O)(c1cccnc1)N1CCCCCC1CBr. The maximum Gasteiger partial charge on any atom is 0.244 e. The zero-order chi connectivity index (χ0) is 13.0. The van der Waals surface area contributed by atoms with E-state index in [1.165, 1.54) is 6.20 Å². The van der Waals surface area contributed by atoms with E-state index in [0.717, 1.165) is 25.7 Å². The fraction of sp³-hybridized carbons (Fsp3) is 0.583. The molecule has 0 radical (unpaired) electrons. The van der Waals surface area contributed by atoms with Gasteiger partial charge in [0.05, 0.1) is 0 Å². The van der Waals surface area contributed by atoms with Crippen molar-refractivity contribution < 1.29 is 8.42 Å². The van der Waals surface area contributed by atoms with Crippen LogP contribution in [-0.4, -0.2) is 35.6 Å². The van der Waals surface area contributed by atoms with Gasteiger partial charge in [0, 0.05) is 30.3 Å². The minimum atomic E-state index is -3.41. The summed E-state index contributed by atoms with van der Waals surface area (Å²) in [7, 11) is -3.41. The second-order valence-corrected chi connectivity index (χ2v) is 7.00. The van der Waals surface area contributed by atoms with Gasteiger partial charge in [-0.3, -0.25) is 4.98 Å². The van der Waals surface area contributed by atoms with E-state index in [4.69, 9.17) is 0 Å². The van der Waals surface area contributed by atoms with E-state index in [2.05, 4.69) is 20.9 Å². The molecule has 18 heavy (non-hydrogen) atoms. The van der Waals surface area contributed by atoms with Crippen molar-refractivity contribution in [3.8, 4) is 0 Å². The van der Waals surface area contributed by atoms with Crippen molar-refractivity contribution >= 4 is 26.0 Å². The molecule has 0 N–H and O–H groups in total. The molecule has 1 aromatic heterocycles. The van der Waals surface area contributed by atoms with Crippen LogP contribution < -0.4 is 0 Å². The van der Waals surface area contributed by atoms with Crippen LogP contribution in [0.25, 0.3) is 0 Å². The minimum absolute atomic E-state index is 0.0534. The van der Waals surface area contributed by atoms with Crippen LogP contribution in [0.5, 0.6) is 0 Å². The Morgan fingerprint density at radius 3 is 2.89 bits per heavy atom. The van der Waals surface area contributed by atoms with Gasteiger partial charge in [0.15, 0.2) is 0 Å². The van der Waals surface area contributed by atoms with Gasteiger partial charge in [0.1, 0.15) is 4.90 Å². The zero-order valence-corrected chi connectivity index (χ0v) is 12.5. The summed E-state index contributed by atoms with van der Waals surface area (Å²) in [5.74, 6) is 0. The molecule has 1 saturated heterocycles. The molecule has 1 unspecified atom stereocenters. The van der Waals surface area contributed by atoms with Crippen molar-refractivity contribution in [3.63, 3.8) is 0 Å². The summed E-state index contributed by atoms with van der Waals surface area (Å²) < 4.78 is 26.8. The molecule has 0 aliphatic carbocycles. The molecular weight excluding hydrogens is 316 g/mol. The highest BCUT2D eigenvalue weighted by Gasteiger charge is 2.31. The lowest BCUT2D eigenvalue weighted by molar-refractivity contribution is 0.347. The Bertz CT molecular complexity index is 478. The Balaban J connectivity index is 2.32. The Labute approximate surface area is 117 Å². The first-order valence-corrected chi connectivity index (χ1v) is 8.70. The zero-order valence-electron chi connectivity index (χ0n) is 10.1. The number of halogens is 1. The number of pyridine rings is 1. The molecule has 1 aromatic rings. The second-order valence-electron chi connectivity index (χ2n) is 4.46. The number of aromatic nitrogens is 1. The van der Waals surface area contributed by atoms with E-state index in [0.29, 0.717) is 11.9 Å². The number of alkyl halides is 1. The Kier molecular flexibility index (Phi) is 4.75. The normalized spacial score (nSPS) is 22.6. The van der Waals surface area contributed by atoms with Gasteiger partial charge < -0.3 is 0 Å². The second kappa shape index (κ2) is 6.12. The lowest BCUT2D eigenvalue weighted by Gasteiger charge is -2.27. The first kappa shape index (κ1) is 14.0. The Morgan fingerprint density at radius 2 is 2.22 bits per heavy atom. The van der Waals surface area contributed by atoms with Gasteiger partial charge in [-0.2, -0.15) is 4.31 Å². The number of hydrogen-bond acceptors (Lipinski definition) is 3. The number of sulfonamides is 1.